The topological polar surface area (TPSA) is 20.2 Å². The van der Waals surface area contributed by atoms with Gasteiger partial charge in [0.15, 0.2) is 0 Å². The SMILES string of the molecule is OCCCP(Br)(c1ccccc1)(c1ccccc1)c1ccccc1. The van der Waals surface area contributed by atoms with E-state index in [-0.39, 0.29) is 6.61 Å². The quantitative estimate of drug-likeness (QED) is 0.614. The second kappa shape index (κ2) is 7.19. The molecule has 24 heavy (non-hydrogen) atoms. The van der Waals surface area contributed by atoms with Crippen molar-refractivity contribution in [3.8, 4) is 0 Å². The first kappa shape index (κ1) is 17.4. The van der Waals surface area contributed by atoms with Gasteiger partial charge >= 0.3 is 152 Å². The molecular formula is C21H22BrOP. The van der Waals surface area contributed by atoms with E-state index in [2.05, 4.69) is 106 Å². The number of hydrogen-bond donors (Lipinski definition) is 1. The Morgan fingerprint density at radius 1 is 0.625 bits per heavy atom. The van der Waals surface area contributed by atoms with Crippen molar-refractivity contribution in [2.24, 2.45) is 0 Å². The predicted molar refractivity (Wildman–Crippen MR) is 111 cm³/mol. The molecule has 0 heterocycles. The van der Waals surface area contributed by atoms with E-state index in [4.69, 9.17) is 0 Å². The molecule has 0 aliphatic heterocycles. The van der Waals surface area contributed by atoms with Crippen molar-refractivity contribution in [1.82, 2.24) is 0 Å². The Bertz CT molecular complexity index is 675. The Labute approximate surface area is 152 Å². The first-order valence-corrected chi connectivity index (χ1v) is 12.6. The molecule has 0 aliphatic rings. The van der Waals surface area contributed by atoms with Gasteiger partial charge in [-0.1, -0.05) is 0 Å². The van der Waals surface area contributed by atoms with Crippen LogP contribution in [0.2, 0.25) is 0 Å². The fourth-order valence-corrected chi connectivity index (χ4v) is 11.1. The van der Waals surface area contributed by atoms with Crippen LogP contribution in [-0.2, 0) is 0 Å². The summed E-state index contributed by atoms with van der Waals surface area (Å²) in [7, 11) is 0. The average molecular weight is 401 g/mol. The fourth-order valence-electron chi connectivity index (χ4n) is 3.42. The van der Waals surface area contributed by atoms with Crippen molar-refractivity contribution >= 4 is 36.7 Å². The maximum atomic E-state index is 9.58. The van der Waals surface area contributed by atoms with Gasteiger partial charge in [0.1, 0.15) is 0 Å². The summed E-state index contributed by atoms with van der Waals surface area (Å²) < 4.78 is 0. The van der Waals surface area contributed by atoms with Crippen LogP contribution in [0, 0.1) is 0 Å². The van der Waals surface area contributed by atoms with E-state index in [1.54, 1.807) is 0 Å². The normalized spacial score (nSPS) is 13.2. The number of halogens is 1. The molecule has 3 rings (SSSR count). The molecule has 0 amide bonds. The van der Waals surface area contributed by atoms with Gasteiger partial charge in [-0.3, -0.25) is 0 Å². The fraction of sp³-hybridized carbons (Fsp3) is 0.143. The monoisotopic (exact) mass is 400 g/mol. The standard InChI is InChI=1S/C21H22BrOP/c22-24(18-10-17-23,19-11-4-1-5-12-19,20-13-6-2-7-14-20)21-15-8-3-9-16-21/h1-9,11-16,23H,10,17-18H2. The molecule has 0 unspecified atom stereocenters. The molecule has 3 aromatic rings. The van der Waals surface area contributed by atoms with E-state index in [1.807, 2.05) is 0 Å². The zero-order chi connectivity index (χ0) is 16.9. The summed E-state index contributed by atoms with van der Waals surface area (Å²) in [5.41, 5.74) is 0. The van der Waals surface area contributed by atoms with Gasteiger partial charge in [0.05, 0.1) is 0 Å². The number of aliphatic hydroxyl groups excluding tert-OH is 1. The van der Waals surface area contributed by atoms with Crippen molar-refractivity contribution in [2.75, 3.05) is 12.8 Å². The van der Waals surface area contributed by atoms with Crippen LogP contribution in [0.4, 0.5) is 0 Å². The summed E-state index contributed by atoms with van der Waals surface area (Å²) in [6.45, 7) is 0.190. The Balaban J connectivity index is 2.37. The molecule has 0 radical (unpaired) electrons. The van der Waals surface area contributed by atoms with Gasteiger partial charge < -0.3 is 0 Å². The molecule has 0 saturated heterocycles. The molecular weight excluding hydrogens is 379 g/mol. The van der Waals surface area contributed by atoms with E-state index < -0.39 is 5.31 Å². The third kappa shape index (κ3) is 2.84. The third-order valence-electron chi connectivity index (χ3n) is 4.62. The average Bonchev–Trinajstić information content (AvgIpc) is 2.68. The molecule has 3 aromatic carbocycles. The molecule has 3 heteroatoms. The molecule has 0 saturated carbocycles. The van der Waals surface area contributed by atoms with E-state index in [0.29, 0.717) is 0 Å². The van der Waals surface area contributed by atoms with Crippen LogP contribution in [0.3, 0.4) is 0 Å². The first-order valence-electron chi connectivity index (χ1n) is 8.20. The molecule has 0 aromatic heterocycles. The van der Waals surface area contributed by atoms with Gasteiger partial charge in [-0.2, -0.15) is 0 Å². The minimum atomic E-state index is -2.80. The molecule has 0 aliphatic carbocycles. The van der Waals surface area contributed by atoms with Crippen LogP contribution in [0.1, 0.15) is 6.42 Å². The summed E-state index contributed by atoms with van der Waals surface area (Å²) in [5, 5.41) is 10.7. The maximum absolute atomic E-state index is 9.58. The minimum absolute atomic E-state index is 0.190. The van der Waals surface area contributed by atoms with Gasteiger partial charge in [0.25, 0.3) is 0 Å². The number of benzene rings is 3. The third-order valence-corrected chi connectivity index (χ3v) is 14.6. The summed E-state index contributed by atoms with van der Waals surface area (Å²) in [4.78, 5) is 0. The zero-order valence-corrected chi connectivity index (χ0v) is 16.0. The van der Waals surface area contributed by atoms with E-state index in [0.717, 1.165) is 12.6 Å². The van der Waals surface area contributed by atoms with Gasteiger partial charge in [-0.05, 0) is 0 Å². The van der Waals surface area contributed by atoms with Crippen molar-refractivity contribution in [3.05, 3.63) is 91.0 Å². The van der Waals surface area contributed by atoms with E-state index >= 15 is 0 Å². The Morgan fingerprint density at radius 2 is 0.958 bits per heavy atom. The van der Waals surface area contributed by atoms with E-state index in [9.17, 15) is 5.11 Å². The van der Waals surface area contributed by atoms with Crippen LogP contribution in [-0.4, -0.2) is 17.9 Å². The van der Waals surface area contributed by atoms with E-state index in [1.165, 1.54) is 15.9 Å². The molecule has 0 fully saturated rings. The molecule has 1 N–H and O–H groups in total. The van der Waals surface area contributed by atoms with Crippen molar-refractivity contribution in [3.63, 3.8) is 0 Å². The predicted octanol–water partition coefficient (Wildman–Crippen LogP) is 4.21. The second-order valence-corrected chi connectivity index (χ2v) is 15.0. The Kier molecular flexibility index (Phi) is 5.20. The van der Waals surface area contributed by atoms with Gasteiger partial charge in [0.2, 0.25) is 0 Å². The summed E-state index contributed by atoms with van der Waals surface area (Å²) in [6.07, 6.45) is 1.64. The molecule has 124 valence electrons. The summed E-state index contributed by atoms with van der Waals surface area (Å²) >= 11 is 4.34. The summed E-state index contributed by atoms with van der Waals surface area (Å²) in [5.74, 6) is 0. The number of rotatable bonds is 6. The van der Waals surface area contributed by atoms with Crippen LogP contribution >= 0.6 is 20.8 Å². The first-order chi connectivity index (χ1) is 11.7. The van der Waals surface area contributed by atoms with Crippen molar-refractivity contribution in [1.29, 1.82) is 0 Å². The summed E-state index contributed by atoms with van der Waals surface area (Å²) in [6, 6.07) is 32.0. The molecule has 0 spiro atoms. The Morgan fingerprint density at radius 3 is 1.25 bits per heavy atom. The molecule has 1 nitrogen and oxygen atoms in total. The van der Waals surface area contributed by atoms with Crippen molar-refractivity contribution in [2.45, 2.75) is 6.42 Å². The van der Waals surface area contributed by atoms with Gasteiger partial charge in [-0.15, -0.1) is 0 Å². The molecule has 0 atom stereocenters. The van der Waals surface area contributed by atoms with Gasteiger partial charge in [-0.25, -0.2) is 0 Å². The van der Waals surface area contributed by atoms with Crippen LogP contribution < -0.4 is 15.9 Å². The molecule has 0 bridgehead atoms. The van der Waals surface area contributed by atoms with Gasteiger partial charge in [0, 0.05) is 0 Å². The number of hydrogen-bond acceptors (Lipinski definition) is 1. The van der Waals surface area contributed by atoms with Crippen LogP contribution in [0.15, 0.2) is 91.0 Å². The Hall–Kier alpha value is -1.47. The van der Waals surface area contributed by atoms with Crippen LogP contribution in [0.5, 0.6) is 0 Å². The number of aliphatic hydroxyl groups is 1. The van der Waals surface area contributed by atoms with Crippen LogP contribution in [0.25, 0.3) is 0 Å². The van der Waals surface area contributed by atoms with Crippen molar-refractivity contribution < 1.29 is 5.11 Å². The zero-order valence-electron chi connectivity index (χ0n) is 13.6. The second-order valence-electron chi connectivity index (χ2n) is 5.99.